The Morgan fingerprint density at radius 1 is 1.18 bits per heavy atom. The number of hydrogen-bond acceptors (Lipinski definition) is 8. The van der Waals surface area contributed by atoms with Crippen molar-refractivity contribution in [3.8, 4) is 11.6 Å². The Morgan fingerprint density at radius 3 is 2.50 bits per heavy atom. The Morgan fingerprint density at radius 2 is 1.89 bits per heavy atom. The molecule has 8 nitrogen and oxygen atoms in total. The summed E-state index contributed by atoms with van der Waals surface area (Å²) in [6.07, 6.45) is -2.56. The smallest absolute Gasteiger partial charge is 0.431 e. The number of halogens is 4. The van der Waals surface area contributed by atoms with Gasteiger partial charge in [0.05, 0.1) is 49.3 Å². The van der Waals surface area contributed by atoms with E-state index in [4.69, 9.17) is 25.8 Å². The Bertz CT molecular complexity index is 1180. The predicted octanol–water partition coefficient (Wildman–Crippen LogP) is 5.34. The summed E-state index contributed by atoms with van der Waals surface area (Å²) >= 11 is 6.37. The van der Waals surface area contributed by atoms with Gasteiger partial charge in [-0.25, -0.2) is 4.98 Å². The number of rotatable bonds is 7. The van der Waals surface area contributed by atoms with Crippen LogP contribution in [0.5, 0.6) is 11.6 Å². The normalized spacial score (nSPS) is 23.7. The fourth-order valence-electron chi connectivity index (χ4n) is 4.89. The summed E-state index contributed by atoms with van der Waals surface area (Å²) in [6.45, 7) is 4.94. The average molecular weight is 555 g/mol. The molecule has 2 aromatic rings. The number of ether oxygens (including phenoxy) is 3. The van der Waals surface area contributed by atoms with Gasteiger partial charge in [-0.05, 0) is 24.3 Å². The van der Waals surface area contributed by atoms with Crippen LogP contribution in [0, 0.1) is 11.8 Å². The number of hydrogen-bond donors (Lipinski definition) is 0. The Labute approximate surface area is 224 Å². The van der Waals surface area contributed by atoms with Crippen molar-refractivity contribution in [2.75, 3.05) is 37.2 Å². The number of alkyl halides is 3. The first-order valence-electron chi connectivity index (χ1n) is 12.2. The maximum Gasteiger partial charge on any atom is 0.431 e. The first-order valence-corrected chi connectivity index (χ1v) is 12.6. The number of esters is 1. The van der Waals surface area contributed by atoms with Crippen molar-refractivity contribution in [1.82, 2.24) is 4.98 Å². The maximum atomic E-state index is 13.5. The molecule has 4 atom stereocenters. The second-order valence-electron chi connectivity index (χ2n) is 9.50. The fourth-order valence-corrected chi connectivity index (χ4v) is 5.11. The summed E-state index contributed by atoms with van der Waals surface area (Å²) in [5.74, 6) is -0.341. The van der Waals surface area contributed by atoms with Gasteiger partial charge in [0.15, 0.2) is 0 Å². The minimum atomic E-state index is -4.60. The van der Waals surface area contributed by atoms with E-state index < -0.39 is 29.8 Å². The average Bonchev–Trinajstić information content (AvgIpc) is 3.22. The third kappa shape index (κ3) is 5.92. The minimum absolute atomic E-state index is 0.0617. The zero-order valence-corrected chi connectivity index (χ0v) is 22.3. The molecular weight excluding hydrogens is 525 g/mol. The van der Waals surface area contributed by atoms with Gasteiger partial charge >= 0.3 is 12.1 Å². The first-order chi connectivity index (χ1) is 18.0. The molecule has 0 amide bonds. The summed E-state index contributed by atoms with van der Waals surface area (Å²) in [5, 5.41) is 5.64. The quantitative estimate of drug-likeness (QED) is 0.427. The van der Waals surface area contributed by atoms with Gasteiger partial charge in [-0.15, -0.1) is 0 Å². The van der Waals surface area contributed by atoms with E-state index >= 15 is 0 Å². The van der Waals surface area contributed by atoms with E-state index in [0.717, 1.165) is 18.7 Å². The molecule has 38 heavy (non-hydrogen) atoms. The molecule has 2 aliphatic heterocycles. The SMILES string of the molecule is COC(=O)C[C@H]1[C@H](C)C(C(F)(F)F)=NN1c1ccc(O[C@@H]2CCN(c3cc(OC)ncc3Cl)C[C@@H]2C)cc1. The highest BCUT2D eigenvalue weighted by Crippen LogP contribution is 2.37. The highest BCUT2D eigenvalue weighted by molar-refractivity contribution is 6.33. The number of carbonyl (C=O) groups is 1. The molecule has 0 radical (unpaired) electrons. The van der Waals surface area contributed by atoms with Gasteiger partial charge < -0.3 is 19.1 Å². The number of benzene rings is 1. The lowest BCUT2D eigenvalue weighted by Gasteiger charge is -2.38. The van der Waals surface area contributed by atoms with E-state index in [0.29, 0.717) is 28.9 Å². The van der Waals surface area contributed by atoms with Gasteiger partial charge in [-0.3, -0.25) is 9.80 Å². The van der Waals surface area contributed by atoms with Gasteiger partial charge in [-0.2, -0.15) is 18.3 Å². The fraction of sp³-hybridized carbons (Fsp3) is 0.500. The number of methoxy groups -OCH3 is 2. The van der Waals surface area contributed by atoms with Gasteiger partial charge in [0.2, 0.25) is 5.88 Å². The second kappa shape index (κ2) is 11.3. The zero-order valence-electron chi connectivity index (χ0n) is 21.5. The first kappa shape index (κ1) is 27.8. The van der Waals surface area contributed by atoms with E-state index in [1.165, 1.54) is 19.0 Å². The number of nitrogens with zero attached hydrogens (tertiary/aromatic N) is 4. The molecule has 1 saturated heterocycles. The molecule has 0 spiro atoms. The van der Waals surface area contributed by atoms with Crippen LogP contribution in [-0.4, -0.2) is 62.3 Å². The van der Waals surface area contributed by atoms with Gasteiger partial charge in [0.25, 0.3) is 0 Å². The molecule has 206 valence electrons. The highest BCUT2D eigenvalue weighted by atomic mass is 35.5. The molecule has 3 heterocycles. The molecule has 1 aromatic heterocycles. The molecule has 0 saturated carbocycles. The van der Waals surface area contributed by atoms with E-state index in [1.54, 1.807) is 37.6 Å². The third-order valence-electron chi connectivity index (χ3n) is 7.01. The van der Waals surface area contributed by atoms with Gasteiger partial charge in [-0.1, -0.05) is 25.4 Å². The number of piperidine rings is 1. The van der Waals surface area contributed by atoms with E-state index in [2.05, 4.69) is 21.9 Å². The lowest BCUT2D eigenvalue weighted by molar-refractivity contribution is -0.141. The van der Waals surface area contributed by atoms with E-state index in [1.807, 2.05) is 6.07 Å². The zero-order chi connectivity index (χ0) is 27.6. The van der Waals surface area contributed by atoms with Crippen molar-refractivity contribution in [1.29, 1.82) is 0 Å². The number of aromatic nitrogens is 1. The van der Waals surface area contributed by atoms with Crippen LogP contribution in [0.3, 0.4) is 0 Å². The molecule has 2 aliphatic rings. The van der Waals surface area contributed by atoms with E-state index in [9.17, 15) is 18.0 Å². The lowest BCUT2D eigenvalue weighted by atomic mass is 9.94. The van der Waals surface area contributed by atoms with Crippen LogP contribution in [0.4, 0.5) is 24.5 Å². The minimum Gasteiger partial charge on any atom is -0.490 e. The monoisotopic (exact) mass is 554 g/mol. The topological polar surface area (TPSA) is 76.5 Å². The number of anilines is 2. The molecule has 12 heteroatoms. The molecule has 1 aromatic carbocycles. The van der Waals surface area contributed by atoms with Crippen LogP contribution in [0.25, 0.3) is 0 Å². The summed E-state index contributed by atoms with van der Waals surface area (Å²) in [6, 6.07) is 7.72. The van der Waals surface area contributed by atoms with Crippen molar-refractivity contribution in [3.63, 3.8) is 0 Å². The largest absolute Gasteiger partial charge is 0.490 e. The van der Waals surface area contributed by atoms with Crippen molar-refractivity contribution in [2.45, 2.75) is 45.0 Å². The molecule has 0 unspecified atom stereocenters. The second-order valence-corrected chi connectivity index (χ2v) is 9.91. The van der Waals surface area contributed by atoms with Crippen LogP contribution in [0.1, 0.15) is 26.7 Å². The molecule has 0 bridgehead atoms. The van der Waals surface area contributed by atoms with Gasteiger partial charge in [0, 0.05) is 37.4 Å². The molecule has 0 aliphatic carbocycles. The van der Waals surface area contributed by atoms with Gasteiger partial charge in [0.1, 0.15) is 17.6 Å². The molecule has 1 fully saturated rings. The van der Waals surface area contributed by atoms with Crippen LogP contribution in [-0.2, 0) is 9.53 Å². The predicted molar refractivity (Wildman–Crippen MR) is 138 cm³/mol. The molecule has 0 N–H and O–H groups in total. The standard InChI is InChI=1S/C26H30ClF3N4O4/c1-15-14-33(21-11-23(36-3)31-13-19(21)27)10-9-22(15)38-18-7-5-17(6-8-18)34-20(12-24(35)37-4)16(2)25(32-34)26(28,29)30/h5-8,11,13,15-16,20,22H,9-10,12,14H2,1-4H3/t15-,16-,20-,22+/m0/s1. The van der Waals surface area contributed by atoms with Crippen molar-refractivity contribution >= 4 is 34.7 Å². The molecule has 4 rings (SSSR count). The van der Waals surface area contributed by atoms with Crippen LogP contribution in [0.15, 0.2) is 41.6 Å². The number of carbonyl (C=O) groups excluding carboxylic acids is 1. The Hall–Kier alpha value is -3.21. The van der Waals surface area contributed by atoms with E-state index in [-0.39, 0.29) is 18.4 Å². The van der Waals surface area contributed by atoms with Crippen molar-refractivity contribution in [2.24, 2.45) is 16.9 Å². The van der Waals surface area contributed by atoms with Crippen molar-refractivity contribution in [3.05, 3.63) is 41.6 Å². The highest BCUT2D eigenvalue weighted by Gasteiger charge is 2.48. The summed E-state index contributed by atoms with van der Waals surface area (Å²) in [7, 11) is 2.76. The number of hydrazone groups is 1. The maximum absolute atomic E-state index is 13.5. The van der Waals surface area contributed by atoms with Crippen LogP contribution < -0.4 is 19.4 Å². The summed E-state index contributed by atoms with van der Waals surface area (Å²) in [5.41, 5.74) is 0.369. The lowest BCUT2D eigenvalue weighted by Crippen LogP contribution is -2.44. The van der Waals surface area contributed by atoms with Crippen LogP contribution in [0.2, 0.25) is 5.02 Å². The summed E-state index contributed by atoms with van der Waals surface area (Å²) < 4.78 is 56.8. The molecular formula is C26H30ClF3N4O4. The van der Waals surface area contributed by atoms with Crippen LogP contribution >= 0.6 is 11.6 Å². The number of pyridine rings is 1. The Kier molecular flexibility index (Phi) is 8.25. The Balaban J connectivity index is 1.45. The van der Waals surface area contributed by atoms with Crippen molar-refractivity contribution < 1.29 is 32.2 Å². The third-order valence-corrected chi connectivity index (χ3v) is 7.30. The summed E-state index contributed by atoms with van der Waals surface area (Å²) in [4.78, 5) is 18.2.